The van der Waals surface area contributed by atoms with Crippen molar-refractivity contribution in [3.05, 3.63) is 39.8 Å². The molecule has 23 heavy (non-hydrogen) atoms. The van der Waals surface area contributed by atoms with Gasteiger partial charge in [0.15, 0.2) is 0 Å². The lowest BCUT2D eigenvalue weighted by Crippen LogP contribution is -2.32. The van der Waals surface area contributed by atoms with E-state index in [2.05, 4.69) is 40.9 Å². The highest BCUT2D eigenvalue weighted by molar-refractivity contribution is 7.10. The van der Waals surface area contributed by atoms with Crippen LogP contribution in [0.15, 0.2) is 23.6 Å². The second kappa shape index (κ2) is 7.30. The summed E-state index contributed by atoms with van der Waals surface area (Å²) >= 11 is 1.72. The number of nitrogens with one attached hydrogen (secondary N) is 1. The summed E-state index contributed by atoms with van der Waals surface area (Å²) in [6, 6.07) is 6.34. The van der Waals surface area contributed by atoms with E-state index >= 15 is 0 Å². The number of aromatic nitrogens is 2. The third-order valence-corrected chi connectivity index (χ3v) is 5.63. The molecule has 1 aliphatic carbocycles. The van der Waals surface area contributed by atoms with E-state index in [1.54, 1.807) is 11.3 Å². The Bertz CT molecular complexity index is 641. The Labute approximate surface area is 141 Å². The summed E-state index contributed by atoms with van der Waals surface area (Å²) in [7, 11) is 0. The standard InChI is InChI=1S/C18H25N3OS/c1-13-10-14(2)21(20-13)16(17-8-5-9-23-17)12-19-18(22)11-15-6-3-4-7-15/h5,8-10,15-16H,3-4,6-7,11-12H2,1-2H3,(H,19,22). The van der Waals surface area contributed by atoms with Crippen LogP contribution in [-0.2, 0) is 4.79 Å². The summed E-state index contributed by atoms with van der Waals surface area (Å²) in [4.78, 5) is 13.5. The molecule has 0 aromatic carbocycles. The van der Waals surface area contributed by atoms with E-state index in [1.165, 1.54) is 30.6 Å². The quantitative estimate of drug-likeness (QED) is 0.874. The number of thiophene rings is 1. The van der Waals surface area contributed by atoms with Crippen molar-refractivity contribution in [1.29, 1.82) is 0 Å². The SMILES string of the molecule is Cc1cc(C)n(C(CNC(=O)CC2CCCC2)c2cccs2)n1. The number of rotatable bonds is 6. The maximum atomic E-state index is 12.3. The summed E-state index contributed by atoms with van der Waals surface area (Å²) in [6.45, 7) is 4.68. The van der Waals surface area contributed by atoms with Crippen molar-refractivity contribution in [3.8, 4) is 0 Å². The van der Waals surface area contributed by atoms with Gasteiger partial charge in [0.05, 0.1) is 5.69 Å². The third kappa shape index (κ3) is 4.02. The molecule has 0 spiro atoms. The molecule has 2 heterocycles. The van der Waals surface area contributed by atoms with E-state index in [-0.39, 0.29) is 11.9 Å². The van der Waals surface area contributed by atoms with E-state index in [0.717, 1.165) is 11.4 Å². The van der Waals surface area contributed by atoms with Crippen molar-refractivity contribution in [2.45, 2.75) is 52.0 Å². The third-order valence-electron chi connectivity index (χ3n) is 4.65. The van der Waals surface area contributed by atoms with Gasteiger partial charge in [0.1, 0.15) is 6.04 Å². The molecule has 1 aliphatic rings. The van der Waals surface area contributed by atoms with Crippen molar-refractivity contribution in [2.75, 3.05) is 6.54 Å². The van der Waals surface area contributed by atoms with Crippen LogP contribution < -0.4 is 5.32 Å². The van der Waals surface area contributed by atoms with E-state index < -0.39 is 0 Å². The number of carbonyl (C=O) groups excluding carboxylic acids is 1. The predicted molar refractivity (Wildman–Crippen MR) is 93.7 cm³/mol. The topological polar surface area (TPSA) is 46.9 Å². The largest absolute Gasteiger partial charge is 0.354 e. The van der Waals surface area contributed by atoms with E-state index in [0.29, 0.717) is 18.9 Å². The summed E-state index contributed by atoms with van der Waals surface area (Å²) < 4.78 is 2.04. The highest BCUT2D eigenvalue weighted by atomic mass is 32.1. The van der Waals surface area contributed by atoms with Crippen molar-refractivity contribution in [2.24, 2.45) is 5.92 Å². The van der Waals surface area contributed by atoms with E-state index in [9.17, 15) is 4.79 Å². The average Bonchev–Trinajstić information content (AvgIpc) is 3.23. The van der Waals surface area contributed by atoms with Crippen LogP contribution >= 0.6 is 11.3 Å². The van der Waals surface area contributed by atoms with Crippen LogP contribution in [-0.4, -0.2) is 22.2 Å². The first-order valence-corrected chi connectivity index (χ1v) is 9.34. The van der Waals surface area contributed by atoms with Gasteiger partial charge in [0.2, 0.25) is 5.91 Å². The molecule has 124 valence electrons. The van der Waals surface area contributed by atoms with Gasteiger partial charge in [-0.2, -0.15) is 5.10 Å². The monoisotopic (exact) mass is 331 g/mol. The van der Waals surface area contributed by atoms with Gasteiger partial charge >= 0.3 is 0 Å². The molecule has 4 nitrogen and oxygen atoms in total. The minimum Gasteiger partial charge on any atom is -0.354 e. The molecule has 0 bridgehead atoms. The second-order valence-corrected chi connectivity index (χ2v) is 7.54. The van der Waals surface area contributed by atoms with Gasteiger partial charge in [-0.1, -0.05) is 18.9 Å². The normalized spacial score (nSPS) is 16.6. The fourth-order valence-corrected chi connectivity index (χ4v) is 4.32. The fourth-order valence-electron chi connectivity index (χ4n) is 3.51. The van der Waals surface area contributed by atoms with Crippen LogP contribution in [0.3, 0.4) is 0 Å². The Kier molecular flexibility index (Phi) is 5.16. The Morgan fingerprint density at radius 3 is 2.83 bits per heavy atom. The number of nitrogens with zero attached hydrogens (tertiary/aromatic N) is 2. The zero-order chi connectivity index (χ0) is 16.2. The number of amides is 1. The van der Waals surface area contributed by atoms with Gasteiger partial charge in [0.25, 0.3) is 0 Å². The Morgan fingerprint density at radius 1 is 1.43 bits per heavy atom. The molecule has 0 radical (unpaired) electrons. The Hall–Kier alpha value is -1.62. The first-order chi connectivity index (χ1) is 11.1. The van der Waals surface area contributed by atoms with Crippen LogP contribution in [0.25, 0.3) is 0 Å². The van der Waals surface area contributed by atoms with Gasteiger partial charge in [-0.15, -0.1) is 11.3 Å². The van der Waals surface area contributed by atoms with Gasteiger partial charge in [0, 0.05) is 23.5 Å². The lowest BCUT2D eigenvalue weighted by molar-refractivity contribution is -0.122. The number of hydrogen-bond acceptors (Lipinski definition) is 3. The Morgan fingerprint density at radius 2 is 2.22 bits per heavy atom. The predicted octanol–water partition coefficient (Wildman–Crippen LogP) is 3.85. The molecule has 1 unspecified atom stereocenters. The molecule has 3 rings (SSSR count). The minimum absolute atomic E-state index is 0.0798. The van der Waals surface area contributed by atoms with Crippen molar-refractivity contribution < 1.29 is 4.79 Å². The molecular weight excluding hydrogens is 306 g/mol. The Balaban J connectivity index is 1.67. The average molecular weight is 331 g/mol. The van der Waals surface area contributed by atoms with Crippen LogP contribution in [0.1, 0.15) is 54.4 Å². The van der Waals surface area contributed by atoms with Gasteiger partial charge in [-0.05, 0) is 50.1 Å². The molecule has 2 aromatic rings. The smallest absolute Gasteiger partial charge is 0.220 e. The van der Waals surface area contributed by atoms with Crippen LogP contribution in [0, 0.1) is 19.8 Å². The summed E-state index contributed by atoms with van der Waals surface area (Å²) in [5, 5.41) is 9.84. The van der Waals surface area contributed by atoms with Crippen LogP contribution in [0.5, 0.6) is 0 Å². The fraction of sp³-hybridized carbons (Fsp3) is 0.556. The molecule has 1 N–H and O–H groups in total. The van der Waals surface area contributed by atoms with E-state index in [4.69, 9.17) is 0 Å². The van der Waals surface area contributed by atoms with Crippen molar-refractivity contribution in [3.63, 3.8) is 0 Å². The molecule has 1 saturated carbocycles. The maximum Gasteiger partial charge on any atom is 0.220 e. The first-order valence-electron chi connectivity index (χ1n) is 8.46. The van der Waals surface area contributed by atoms with Crippen molar-refractivity contribution >= 4 is 17.2 Å². The lowest BCUT2D eigenvalue weighted by Gasteiger charge is -2.19. The molecule has 1 amide bonds. The maximum absolute atomic E-state index is 12.3. The van der Waals surface area contributed by atoms with Crippen LogP contribution in [0.4, 0.5) is 0 Å². The molecule has 1 fully saturated rings. The number of hydrogen-bond donors (Lipinski definition) is 1. The first kappa shape index (κ1) is 16.2. The molecular formula is C18H25N3OS. The molecule has 1 atom stereocenters. The molecule has 0 saturated heterocycles. The summed E-state index contributed by atoms with van der Waals surface area (Å²) in [5.41, 5.74) is 2.15. The highest BCUT2D eigenvalue weighted by Crippen LogP contribution is 2.28. The van der Waals surface area contributed by atoms with Crippen LogP contribution in [0.2, 0.25) is 0 Å². The minimum atomic E-state index is 0.0798. The summed E-state index contributed by atoms with van der Waals surface area (Å²) in [5.74, 6) is 0.767. The molecule has 5 heteroatoms. The molecule has 2 aromatic heterocycles. The molecule has 0 aliphatic heterocycles. The van der Waals surface area contributed by atoms with E-state index in [1.807, 2.05) is 11.6 Å². The van der Waals surface area contributed by atoms with Gasteiger partial charge in [-0.25, -0.2) is 0 Å². The van der Waals surface area contributed by atoms with Crippen molar-refractivity contribution in [1.82, 2.24) is 15.1 Å². The van der Waals surface area contributed by atoms with Gasteiger partial charge in [-0.3, -0.25) is 9.48 Å². The second-order valence-electron chi connectivity index (χ2n) is 6.56. The number of carbonyl (C=O) groups is 1. The summed E-state index contributed by atoms with van der Waals surface area (Å²) in [6.07, 6.45) is 5.65. The lowest BCUT2D eigenvalue weighted by atomic mass is 10.0. The number of aryl methyl sites for hydroxylation is 2. The highest BCUT2D eigenvalue weighted by Gasteiger charge is 2.21. The zero-order valence-electron chi connectivity index (χ0n) is 13.9. The van der Waals surface area contributed by atoms with Gasteiger partial charge < -0.3 is 5.32 Å². The zero-order valence-corrected chi connectivity index (χ0v) is 14.7.